The molecule has 5 aliphatic heterocycles. The van der Waals surface area contributed by atoms with Crippen molar-refractivity contribution in [3.63, 3.8) is 0 Å². The lowest BCUT2D eigenvalue weighted by atomic mass is 9.59. The second-order valence-corrected chi connectivity index (χ2v) is 26.1. The van der Waals surface area contributed by atoms with E-state index in [0.29, 0.717) is 74.3 Å². The molecule has 2 saturated carbocycles. The normalized spacial score (nSPS) is 26.2. The summed E-state index contributed by atoms with van der Waals surface area (Å²) in [6.07, 6.45) is 8.62. The molecule has 0 radical (unpaired) electrons. The summed E-state index contributed by atoms with van der Waals surface area (Å²) in [5.41, 5.74) is 2.32. The Kier molecular flexibility index (Phi) is 14.6. The number of fused-ring (bicyclic) bond motifs is 4. The molecule has 12 rings (SSSR count). The van der Waals surface area contributed by atoms with Gasteiger partial charge in [-0.1, -0.05) is 18.2 Å². The minimum atomic E-state index is -4.79. The van der Waals surface area contributed by atoms with E-state index < -0.39 is 57.0 Å². The minimum absolute atomic E-state index is 0.00698. The van der Waals surface area contributed by atoms with Crippen molar-refractivity contribution in [1.82, 2.24) is 19.6 Å². The van der Waals surface area contributed by atoms with Crippen molar-refractivity contribution in [3.05, 3.63) is 94.2 Å². The number of nitro groups is 1. The molecule has 22 nitrogen and oxygen atoms in total. The molecule has 5 N–H and O–H groups in total. The average molecular weight is 1140 g/mol. The van der Waals surface area contributed by atoms with Gasteiger partial charge in [0.2, 0.25) is 5.88 Å². The van der Waals surface area contributed by atoms with Crippen molar-refractivity contribution in [3.8, 4) is 17.4 Å². The van der Waals surface area contributed by atoms with Crippen molar-refractivity contribution < 1.29 is 60.7 Å². The average Bonchev–Trinajstić information content (AvgIpc) is 3.89. The Hall–Kier alpha value is -6.04. The molecule has 24 heteroatoms. The zero-order valence-electron chi connectivity index (χ0n) is 45.1. The van der Waals surface area contributed by atoms with Crippen molar-refractivity contribution in [1.29, 1.82) is 0 Å². The third-order valence-electron chi connectivity index (χ3n) is 17.6. The fourth-order valence-electron chi connectivity index (χ4n) is 13.6. The van der Waals surface area contributed by atoms with Gasteiger partial charge in [0.05, 0.1) is 64.1 Å². The standard InChI is InChI=1S/C56H69N8O14PS/c1-34(2)76-48-8-5-4-7-40(48)47-32-73-23-6-20-62(47)38-29-56(30-38)17-21-61(22-18-56)37-9-10-41(44(26-37)63-43-14-24-74-33-50(43)77-54-46(63)25-36-13-19-57-52(36)59-54)53(65)60-80(71,72)39-27-45(64(66)67)51-49(28-39)75-31-42(58-51)35-11-15-55(3,16-12-35)78-79(68,69)70/h4-5,7-10,13,19,25-28,34-35,38,42-43,47,50,58H,6,11-12,14-18,20-24,29-33H2,1-3H3,(H,57,59)(H,60,65)(H2,68,69,70)/t35?,42-,43-,47-,50-,55?/m0/s1. The van der Waals surface area contributed by atoms with Crippen LogP contribution in [0.4, 0.5) is 28.4 Å². The molecule has 428 valence electrons. The molecule has 4 atom stereocenters. The first kappa shape index (κ1) is 54.5. The van der Waals surface area contributed by atoms with Crippen molar-refractivity contribution in [2.24, 2.45) is 11.3 Å². The van der Waals surface area contributed by atoms with E-state index in [1.54, 1.807) is 19.2 Å². The maximum Gasteiger partial charge on any atom is 0.470 e. The van der Waals surface area contributed by atoms with E-state index in [2.05, 4.69) is 56.9 Å². The molecule has 5 aromatic rings. The number of hydrogen-bond acceptors (Lipinski definition) is 17. The van der Waals surface area contributed by atoms with E-state index in [9.17, 15) is 37.7 Å². The summed E-state index contributed by atoms with van der Waals surface area (Å²) in [5, 5.41) is 16.7. The zero-order valence-corrected chi connectivity index (χ0v) is 46.8. The van der Waals surface area contributed by atoms with E-state index in [-0.39, 0.29) is 59.7 Å². The zero-order chi connectivity index (χ0) is 55.7. The number of benzene rings is 3. The third kappa shape index (κ3) is 10.8. The number of nitrogens with zero attached hydrogens (tertiary/aromatic N) is 5. The lowest BCUT2D eigenvalue weighted by Crippen LogP contribution is -2.56. The Morgan fingerprint density at radius 3 is 2.49 bits per heavy atom. The number of aromatic amines is 1. The van der Waals surface area contributed by atoms with Crippen LogP contribution < -0.4 is 34.0 Å². The number of phosphoric acid groups is 1. The number of amides is 1. The highest BCUT2D eigenvalue weighted by atomic mass is 32.2. The lowest BCUT2D eigenvalue weighted by molar-refractivity contribution is -0.384. The second kappa shape index (κ2) is 21.4. The van der Waals surface area contributed by atoms with Crippen LogP contribution in [0.25, 0.3) is 11.0 Å². The molecule has 1 spiro atoms. The molecule has 7 aliphatic rings. The predicted octanol–water partition coefficient (Wildman–Crippen LogP) is 8.51. The first-order valence-corrected chi connectivity index (χ1v) is 30.9. The van der Waals surface area contributed by atoms with E-state index in [0.717, 1.165) is 81.2 Å². The molecule has 0 unspecified atom stereocenters. The van der Waals surface area contributed by atoms with Gasteiger partial charge in [-0.15, -0.1) is 0 Å². The number of piperidine rings is 1. The number of carbonyl (C=O) groups is 1. The van der Waals surface area contributed by atoms with Crippen LogP contribution in [0.3, 0.4) is 0 Å². The van der Waals surface area contributed by atoms with Crippen LogP contribution in [0, 0.1) is 21.4 Å². The number of pyridine rings is 1. The summed E-state index contributed by atoms with van der Waals surface area (Å²) < 4.78 is 79.0. The van der Waals surface area contributed by atoms with E-state index in [1.807, 2.05) is 35.2 Å². The number of nitro benzene ring substituents is 1. The van der Waals surface area contributed by atoms with Crippen molar-refractivity contribution in [2.75, 3.05) is 67.8 Å². The third-order valence-corrected chi connectivity index (χ3v) is 19.6. The molecule has 3 saturated heterocycles. The molecule has 2 aliphatic carbocycles. The molecule has 2 aromatic heterocycles. The SMILES string of the molecule is CC(C)Oc1ccccc1[C@@H]1COCCCN1C1CC2(CCN(c3ccc(C(=O)NS(=O)(=O)c4cc5c(c([N+](=O)[O-])c4)N[C@H](C4CCC(C)(OP(=O)(O)O)CC4)CO5)c(N4c5cc6cc[nH]c6nc5O[C@H]5COCC[C@@H]54)c3)CC2)C1. The Labute approximate surface area is 464 Å². The number of anilines is 4. The van der Waals surface area contributed by atoms with Crippen LogP contribution in [-0.4, -0.2) is 133 Å². The number of hydrogen-bond donors (Lipinski definition) is 5. The topological polar surface area (TPSA) is 270 Å². The summed E-state index contributed by atoms with van der Waals surface area (Å²) in [7, 11) is -9.52. The van der Waals surface area contributed by atoms with Gasteiger partial charge in [0, 0.05) is 73.9 Å². The van der Waals surface area contributed by atoms with Gasteiger partial charge >= 0.3 is 7.82 Å². The summed E-state index contributed by atoms with van der Waals surface area (Å²) in [6, 6.07) is 19.5. The van der Waals surface area contributed by atoms with Gasteiger partial charge in [0.25, 0.3) is 21.6 Å². The van der Waals surface area contributed by atoms with Crippen LogP contribution in [0.5, 0.6) is 17.4 Å². The molecular formula is C56H69N8O14PS. The number of phosphoric ester groups is 1. The fraction of sp³-hybridized carbons (Fsp3) is 0.536. The van der Waals surface area contributed by atoms with Crippen LogP contribution in [0.2, 0.25) is 0 Å². The number of carbonyl (C=O) groups excluding carboxylic acids is 1. The highest BCUT2D eigenvalue weighted by molar-refractivity contribution is 7.90. The number of rotatable bonds is 13. The van der Waals surface area contributed by atoms with Gasteiger partial charge in [-0.2, -0.15) is 4.98 Å². The van der Waals surface area contributed by atoms with Crippen LogP contribution in [0.15, 0.2) is 77.8 Å². The van der Waals surface area contributed by atoms with Gasteiger partial charge in [-0.3, -0.25) is 24.3 Å². The minimum Gasteiger partial charge on any atom is -0.491 e. The van der Waals surface area contributed by atoms with E-state index >= 15 is 0 Å². The van der Waals surface area contributed by atoms with E-state index in [1.165, 1.54) is 11.6 Å². The summed E-state index contributed by atoms with van der Waals surface area (Å²) in [4.78, 5) is 60.3. The van der Waals surface area contributed by atoms with Gasteiger partial charge in [0.15, 0.2) is 11.4 Å². The second-order valence-electron chi connectivity index (χ2n) is 23.3. The monoisotopic (exact) mass is 1140 g/mol. The highest BCUT2D eigenvalue weighted by Gasteiger charge is 2.50. The Morgan fingerprint density at radius 1 is 0.950 bits per heavy atom. The summed E-state index contributed by atoms with van der Waals surface area (Å²) >= 11 is 0. The predicted molar refractivity (Wildman–Crippen MR) is 296 cm³/mol. The van der Waals surface area contributed by atoms with Gasteiger partial charge in [-0.25, -0.2) is 17.7 Å². The Balaban J connectivity index is 0.812. The van der Waals surface area contributed by atoms with Crippen LogP contribution in [0.1, 0.15) is 107 Å². The fourth-order valence-corrected chi connectivity index (χ4v) is 15.3. The number of nitrogens with one attached hydrogen (secondary N) is 3. The number of para-hydroxylation sites is 1. The highest BCUT2D eigenvalue weighted by Crippen LogP contribution is 2.55. The number of sulfonamides is 1. The van der Waals surface area contributed by atoms with Crippen LogP contribution in [-0.2, 0) is 28.6 Å². The Bertz CT molecular complexity index is 3330. The molecule has 1 amide bonds. The van der Waals surface area contributed by atoms with Crippen molar-refractivity contribution >= 4 is 63.2 Å². The van der Waals surface area contributed by atoms with Gasteiger partial charge in [-0.05, 0) is 133 Å². The smallest absolute Gasteiger partial charge is 0.470 e. The summed E-state index contributed by atoms with van der Waals surface area (Å²) in [6.45, 7) is 10.3. The largest absolute Gasteiger partial charge is 0.491 e. The maximum atomic E-state index is 14.9. The molecular weight excluding hydrogens is 1070 g/mol. The Morgan fingerprint density at radius 2 is 1.73 bits per heavy atom. The lowest BCUT2D eigenvalue weighted by Gasteiger charge is -2.56. The molecule has 80 heavy (non-hydrogen) atoms. The molecule has 7 heterocycles. The molecule has 0 bridgehead atoms. The molecule has 3 aromatic carbocycles. The number of aromatic nitrogens is 2. The first-order chi connectivity index (χ1) is 38.3. The van der Waals surface area contributed by atoms with Crippen molar-refractivity contribution in [2.45, 2.75) is 132 Å². The van der Waals surface area contributed by atoms with Gasteiger partial charge < -0.3 is 53.6 Å². The van der Waals surface area contributed by atoms with Gasteiger partial charge in [0.1, 0.15) is 29.8 Å². The molecule has 5 fully saturated rings. The van der Waals surface area contributed by atoms with Crippen LogP contribution >= 0.6 is 7.82 Å². The quantitative estimate of drug-likeness (QED) is 0.0420. The first-order valence-electron chi connectivity index (χ1n) is 27.9. The van der Waals surface area contributed by atoms with E-state index in [4.69, 9.17) is 33.2 Å². The number of H-pyrrole nitrogens is 1. The maximum absolute atomic E-state index is 14.9. The number of ether oxygens (including phenoxy) is 5. The summed E-state index contributed by atoms with van der Waals surface area (Å²) in [5.74, 6) is 0.124.